The number of aromatic nitrogens is 1. The first-order valence-electron chi connectivity index (χ1n) is 6.35. The van der Waals surface area contributed by atoms with Gasteiger partial charge in [0.05, 0.1) is 23.2 Å². The maximum Gasteiger partial charge on any atom is 0.340 e. The molecule has 2 aromatic carbocycles. The fourth-order valence-electron chi connectivity index (χ4n) is 2.20. The minimum Gasteiger partial charge on any atom is -0.462 e. The Bertz CT molecular complexity index is 814. The summed E-state index contributed by atoms with van der Waals surface area (Å²) in [6.07, 6.45) is 0. The second-order valence-corrected chi connectivity index (χ2v) is 5.67. The van der Waals surface area contributed by atoms with Crippen molar-refractivity contribution in [3.05, 3.63) is 51.6 Å². The molecule has 4 heteroatoms. The Morgan fingerprint density at radius 2 is 2.05 bits per heavy atom. The van der Waals surface area contributed by atoms with Gasteiger partial charge in [0.2, 0.25) is 0 Å². The lowest BCUT2D eigenvalue weighted by molar-refractivity contribution is 0.0528. The number of ether oxygens (including phenoxy) is 1. The van der Waals surface area contributed by atoms with Crippen molar-refractivity contribution in [3.63, 3.8) is 0 Å². The highest BCUT2D eigenvalue weighted by atomic mass is 127. The van der Waals surface area contributed by atoms with E-state index in [0.717, 1.165) is 19.9 Å². The molecule has 0 saturated carbocycles. The molecule has 0 aliphatic rings. The first kappa shape index (κ1) is 13.3. The van der Waals surface area contributed by atoms with E-state index in [4.69, 9.17) is 4.74 Å². The predicted octanol–water partition coefficient (Wildman–Crippen LogP) is 4.17. The van der Waals surface area contributed by atoms with Crippen LogP contribution in [0.2, 0.25) is 0 Å². The van der Waals surface area contributed by atoms with Crippen molar-refractivity contribution >= 4 is 50.4 Å². The van der Waals surface area contributed by atoms with E-state index < -0.39 is 0 Å². The van der Waals surface area contributed by atoms with Gasteiger partial charge in [-0.15, -0.1) is 0 Å². The first-order valence-corrected chi connectivity index (χ1v) is 7.43. The number of benzene rings is 2. The highest BCUT2D eigenvalue weighted by molar-refractivity contribution is 14.1. The monoisotopic (exact) mass is 377 g/mol. The molecule has 0 radical (unpaired) electrons. The zero-order valence-electron chi connectivity index (χ0n) is 10.9. The first-order chi connectivity index (χ1) is 9.69. The third-order valence-corrected chi connectivity index (χ3v) is 3.77. The lowest BCUT2D eigenvalue weighted by Crippen LogP contribution is -2.06. The standard InChI is InChI=1S/C16H12INO2/c1-2-20-16(19)13-5-3-4-11-8-10-6-7-12(17)9-14(10)18-15(11)13/h3-9H,2H2,1H3. The van der Waals surface area contributed by atoms with Crippen LogP contribution in [0.3, 0.4) is 0 Å². The summed E-state index contributed by atoms with van der Waals surface area (Å²) in [5.41, 5.74) is 2.10. The number of carbonyl (C=O) groups is 1. The van der Waals surface area contributed by atoms with Crippen molar-refractivity contribution in [3.8, 4) is 0 Å². The van der Waals surface area contributed by atoms with Crippen molar-refractivity contribution in [2.45, 2.75) is 6.92 Å². The van der Waals surface area contributed by atoms with Gasteiger partial charge in [-0.1, -0.05) is 18.2 Å². The molecular formula is C16H12INO2. The Hall–Kier alpha value is -1.69. The average Bonchev–Trinajstić information content (AvgIpc) is 2.44. The van der Waals surface area contributed by atoms with Crippen LogP contribution in [0.4, 0.5) is 0 Å². The quantitative estimate of drug-likeness (QED) is 0.382. The molecule has 0 atom stereocenters. The fraction of sp³-hybridized carbons (Fsp3) is 0.125. The SMILES string of the molecule is CCOC(=O)c1cccc2cc3ccc(I)cc3nc12. The molecule has 0 N–H and O–H groups in total. The molecule has 3 nitrogen and oxygen atoms in total. The molecule has 1 aromatic heterocycles. The van der Waals surface area contributed by atoms with Crippen LogP contribution in [0.5, 0.6) is 0 Å². The molecule has 0 unspecified atom stereocenters. The van der Waals surface area contributed by atoms with Crippen molar-refractivity contribution in [1.29, 1.82) is 0 Å². The number of halogens is 1. The predicted molar refractivity (Wildman–Crippen MR) is 87.9 cm³/mol. The summed E-state index contributed by atoms with van der Waals surface area (Å²) in [7, 11) is 0. The van der Waals surface area contributed by atoms with Crippen molar-refractivity contribution in [2.75, 3.05) is 6.61 Å². The third-order valence-electron chi connectivity index (χ3n) is 3.10. The number of esters is 1. The normalized spacial score (nSPS) is 10.9. The van der Waals surface area contributed by atoms with Gasteiger partial charge in [0.15, 0.2) is 0 Å². The van der Waals surface area contributed by atoms with Crippen LogP contribution in [-0.4, -0.2) is 17.6 Å². The second-order valence-electron chi connectivity index (χ2n) is 4.42. The molecule has 20 heavy (non-hydrogen) atoms. The maximum atomic E-state index is 12.0. The molecule has 0 aliphatic carbocycles. The number of fused-ring (bicyclic) bond motifs is 2. The molecule has 0 fully saturated rings. The van der Waals surface area contributed by atoms with Gasteiger partial charge in [-0.25, -0.2) is 9.78 Å². The van der Waals surface area contributed by atoms with Gasteiger partial charge in [-0.2, -0.15) is 0 Å². The van der Waals surface area contributed by atoms with E-state index in [-0.39, 0.29) is 5.97 Å². The molecule has 0 spiro atoms. The van der Waals surface area contributed by atoms with Crippen LogP contribution in [0.15, 0.2) is 42.5 Å². The summed E-state index contributed by atoms with van der Waals surface area (Å²) in [6, 6.07) is 13.7. The van der Waals surface area contributed by atoms with Gasteiger partial charge < -0.3 is 4.74 Å². The van der Waals surface area contributed by atoms with E-state index in [2.05, 4.69) is 33.6 Å². The summed E-state index contributed by atoms with van der Waals surface area (Å²) in [6.45, 7) is 2.16. The van der Waals surface area contributed by atoms with Crippen LogP contribution >= 0.6 is 22.6 Å². The Balaban J connectivity index is 2.29. The molecule has 3 aromatic rings. The molecule has 0 aliphatic heterocycles. The van der Waals surface area contributed by atoms with Gasteiger partial charge in [-0.05, 0) is 53.8 Å². The maximum absolute atomic E-state index is 12.0. The van der Waals surface area contributed by atoms with E-state index in [1.165, 1.54) is 0 Å². The zero-order chi connectivity index (χ0) is 14.1. The van der Waals surface area contributed by atoms with E-state index in [1.54, 1.807) is 13.0 Å². The van der Waals surface area contributed by atoms with Crippen LogP contribution in [0, 0.1) is 3.57 Å². The number of nitrogens with zero attached hydrogens (tertiary/aromatic N) is 1. The van der Waals surface area contributed by atoms with Crippen molar-refractivity contribution in [2.24, 2.45) is 0 Å². The van der Waals surface area contributed by atoms with Crippen LogP contribution in [0.25, 0.3) is 21.8 Å². The molecule has 0 saturated heterocycles. The Kier molecular flexibility index (Phi) is 3.56. The third kappa shape index (κ3) is 2.35. The van der Waals surface area contributed by atoms with E-state index in [0.29, 0.717) is 17.7 Å². The number of pyridine rings is 1. The minimum absolute atomic E-state index is 0.324. The molecule has 3 rings (SSSR count). The van der Waals surface area contributed by atoms with Gasteiger partial charge >= 0.3 is 5.97 Å². The van der Waals surface area contributed by atoms with E-state index in [9.17, 15) is 4.79 Å². The number of para-hydroxylation sites is 1. The lowest BCUT2D eigenvalue weighted by atomic mass is 10.1. The smallest absolute Gasteiger partial charge is 0.340 e. The second kappa shape index (κ2) is 5.36. The lowest BCUT2D eigenvalue weighted by Gasteiger charge is -2.07. The number of carbonyl (C=O) groups excluding carboxylic acids is 1. The van der Waals surface area contributed by atoms with E-state index in [1.807, 2.05) is 30.3 Å². The van der Waals surface area contributed by atoms with Gasteiger partial charge in [0, 0.05) is 14.3 Å². The summed E-state index contributed by atoms with van der Waals surface area (Å²) >= 11 is 2.26. The summed E-state index contributed by atoms with van der Waals surface area (Å²) in [5.74, 6) is -0.324. The number of rotatable bonds is 2. The summed E-state index contributed by atoms with van der Waals surface area (Å²) in [5, 5.41) is 2.02. The highest BCUT2D eigenvalue weighted by Gasteiger charge is 2.12. The van der Waals surface area contributed by atoms with Crippen LogP contribution < -0.4 is 0 Å². The molecule has 0 bridgehead atoms. The average molecular weight is 377 g/mol. The van der Waals surface area contributed by atoms with Gasteiger partial charge in [0.1, 0.15) is 0 Å². The summed E-state index contributed by atoms with van der Waals surface area (Å²) in [4.78, 5) is 16.6. The topological polar surface area (TPSA) is 39.2 Å². The number of hydrogen-bond donors (Lipinski definition) is 0. The zero-order valence-corrected chi connectivity index (χ0v) is 13.0. The summed E-state index contributed by atoms with van der Waals surface area (Å²) < 4.78 is 6.21. The molecular weight excluding hydrogens is 365 g/mol. The Morgan fingerprint density at radius 3 is 2.85 bits per heavy atom. The minimum atomic E-state index is -0.324. The molecule has 100 valence electrons. The largest absolute Gasteiger partial charge is 0.462 e. The Labute approximate surface area is 130 Å². The van der Waals surface area contributed by atoms with Crippen molar-refractivity contribution < 1.29 is 9.53 Å². The fourth-order valence-corrected chi connectivity index (χ4v) is 2.67. The number of hydrogen-bond acceptors (Lipinski definition) is 3. The van der Waals surface area contributed by atoms with E-state index >= 15 is 0 Å². The highest BCUT2D eigenvalue weighted by Crippen LogP contribution is 2.24. The van der Waals surface area contributed by atoms with Gasteiger partial charge in [0.25, 0.3) is 0 Å². The molecule has 0 amide bonds. The Morgan fingerprint density at radius 1 is 1.20 bits per heavy atom. The van der Waals surface area contributed by atoms with Gasteiger partial charge in [-0.3, -0.25) is 0 Å². The van der Waals surface area contributed by atoms with Crippen LogP contribution in [-0.2, 0) is 4.74 Å². The van der Waals surface area contributed by atoms with Crippen LogP contribution in [0.1, 0.15) is 17.3 Å². The molecule has 1 heterocycles. The van der Waals surface area contributed by atoms with Crippen molar-refractivity contribution in [1.82, 2.24) is 4.98 Å².